The number of aliphatic imine (C=N–C) groups is 1. The van der Waals surface area contributed by atoms with Crippen molar-refractivity contribution in [3.63, 3.8) is 0 Å². The Kier molecular flexibility index (Phi) is 10.8. The average molecular weight is 412 g/mol. The number of carbonyl (C=O) groups excluding carboxylic acids is 1. The Bertz CT molecular complexity index is 331. The lowest BCUT2D eigenvalue weighted by Gasteiger charge is -2.24. The number of amides is 1. The van der Waals surface area contributed by atoms with Gasteiger partial charge in [0, 0.05) is 26.2 Å². The molecule has 124 valence electrons. The molecule has 1 heterocycles. The van der Waals surface area contributed by atoms with Crippen LogP contribution in [-0.4, -0.2) is 50.3 Å². The minimum absolute atomic E-state index is 0. The van der Waals surface area contributed by atoms with Gasteiger partial charge in [-0.25, -0.2) is 4.99 Å². The second kappa shape index (κ2) is 11.1. The van der Waals surface area contributed by atoms with E-state index in [4.69, 9.17) is 4.74 Å². The molecule has 21 heavy (non-hydrogen) atoms. The highest BCUT2D eigenvalue weighted by Gasteiger charge is 2.29. The summed E-state index contributed by atoms with van der Waals surface area (Å²) in [5.74, 6) is 0.614. The second-order valence-corrected chi connectivity index (χ2v) is 5.30. The Labute approximate surface area is 144 Å². The van der Waals surface area contributed by atoms with Gasteiger partial charge in [-0.15, -0.1) is 24.0 Å². The molecule has 7 heteroatoms. The zero-order valence-electron chi connectivity index (χ0n) is 13.3. The van der Waals surface area contributed by atoms with Gasteiger partial charge in [0.25, 0.3) is 0 Å². The highest BCUT2D eigenvalue weighted by Crippen LogP contribution is 2.23. The van der Waals surface area contributed by atoms with E-state index in [1.165, 1.54) is 0 Å². The van der Waals surface area contributed by atoms with Gasteiger partial charge in [0.2, 0.25) is 5.91 Å². The molecule has 1 amide bonds. The van der Waals surface area contributed by atoms with Crippen LogP contribution in [0.2, 0.25) is 0 Å². The first kappa shape index (κ1) is 20.4. The molecule has 0 saturated carbocycles. The van der Waals surface area contributed by atoms with E-state index in [0.717, 1.165) is 32.4 Å². The van der Waals surface area contributed by atoms with Crippen LogP contribution in [0.1, 0.15) is 40.0 Å². The highest BCUT2D eigenvalue weighted by atomic mass is 127. The van der Waals surface area contributed by atoms with E-state index in [-0.39, 0.29) is 42.0 Å². The molecule has 0 aliphatic carbocycles. The molecule has 1 aliphatic heterocycles. The molecule has 0 aromatic rings. The number of carbonyl (C=O) groups is 1. The maximum absolute atomic E-state index is 11.5. The number of hydrogen-bond acceptors (Lipinski definition) is 3. The van der Waals surface area contributed by atoms with E-state index in [1.54, 1.807) is 0 Å². The molecule has 1 saturated heterocycles. The minimum atomic E-state index is -0.124. The van der Waals surface area contributed by atoms with E-state index >= 15 is 0 Å². The smallest absolute Gasteiger partial charge is 0.241 e. The predicted octanol–water partition coefficient (Wildman–Crippen LogP) is 1.25. The lowest BCUT2D eigenvalue weighted by Crippen LogP contribution is -2.46. The SMILES string of the molecule is CCCNC(=O)CN=C(NCC)NCC1(C)CCCO1.I. The predicted molar refractivity (Wildman–Crippen MR) is 96.3 cm³/mol. The monoisotopic (exact) mass is 412 g/mol. The van der Waals surface area contributed by atoms with Gasteiger partial charge in [-0.2, -0.15) is 0 Å². The summed E-state index contributed by atoms with van der Waals surface area (Å²) in [6.07, 6.45) is 3.09. The van der Waals surface area contributed by atoms with Gasteiger partial charge < -0.3 is 20.7 Å². The zero-order valence-corrected chi connectivity index (χ0v) is 15.7. The fraction of sp³-hybridized carbons (Fsp3) is 0.857. The van der Waals surface area contributed by atoms with Crippen molar-refractivity contribution in [2.24, 2.45) is 4.99 Å². The van der Waals surface area contributed by atoms with Crippen LogP contribution in [0.25, 0.3) is 0 Å². The van der Waals surface area contributed by atoms with Gasteiger partial charge in [0.1, 0.15) is 6.54 Å². The number of halogens is 1. The lowest BCUT2D eigenvalue weighted by molar-refractivity contribution is -0.119. The van der Waals surface area contributed by atoms with E-state index in [9.17, 15) is 4.79 Å². The van der Waals surface area contributed by atoms with Crippen molar-refractivity contribution in [3.8, 4) is 0 Å². The fourth-order valence-corrected chi connectivity index (χ4v) is 2.06. The topological polar surface area (TPSA) is 74.8 Å². The molecule has 1 fully saturated rings. The minimum Gasteiger partial charge on any atom is -0.373 e. The van der Waals surface area contributed by atoms with Crippen molar-refractivity contribution < 1.29 is 9.53 Å². The molecule has 0 spiro atoms. The van der Waals surface area contributed by atoms with Gasteiger partial charge >= 0.3 is 0 Å². The van der Waals surface area contributed by atoms with Crippen LogP contribution in [0.3, 0.4) is 0 Å². The van der Waals surface area contributed by atoms with Crippen LogP contribution in [-0.2, 0) is 9.53 Å². The third kappa shape index (κ3) is 8.45. The maximum atomic E-state index is 11.5. The van der Waals surface area contributed by atoms with E-state index < -0.39 is 0 Å². The summed E-state index contributed by atoms with van der Waals surface area (Å²) < 4.78 is 5.72. The second-order valence-electron chi connectivity index (χ2n) is 5.30. The molecule has 0 aromatic carbocycles. The molecule has 3 N–H and O–H groups in total. The Morgan fingerprint density at radius 3 is 2.62 bits per heavy atom. The normalized spacial score (nSPS) is 21.6. The van der Waals surface area contributed by atoms with Crippen LogP contribution in [0.15, 0.2) is 4.99 Å². The molecular formula is C14H29IN4O2. The molecule has 1 unspecified atom stereocenters. The van der Waals surface area contributed by atoms with Crippen molar-refractivity contribution in [2.75, 3.05) is 32.8 Å². The Morgan fingerprint density at radius 1 is 1.29 bits per heavy atom. The van der Waals surface area contributed by atoms with E-state index in [2.05, 4.69) is 27.9 Å². The van der Waals surface area contributed by atoms with E-state index in [1.807, 2.05) is 13.8 Å². The van der Waals surface area contributed by atoms with Crippen molar-refractivity contribution in [3.05, 3.63) is 0 Å². The Balaban J connectivity index is 0.00000400. The first-order chi connectivity index (χ1) is 9.59. The molecule has 0 bridgehead atoms. The lowest BCUT2D eigenvalue weighted by atomic mass is 10.0. The summed E-state index contributed by atoms with van der Waals surface area (Å²) in [6.45, 7) is 9.27. The number of rotatable bonds is 7. The highest BCUT2D eigenvalue weighted by molar-refractivity contribution is 14.0. The van der Waals surface area contributed by atoms with Gasteiger partial charge in [-0.05, 0) is 33.1 Å². The quantitative estimate of drug-likeness (QED) is 0.334. The van der Waals surface area contributed by atoms with Crippen LogP contribution in [0, 0.1) is 0 Å². The summed E-state index contributed by atoms with van der Waals surface area (Å²) in [5.41, 5.74) is -0.124. The molecule has 1 aliphatic rings. The van der Waals surface area contributed by atoms with Gasteiger partial charge in [-0.3, -0.25) is 4.79 Å². The molecule has 6 nitrogen and oxygen atoms in total. The fourth-order valence-electron chi connectivity index (χ4n) is 2.06. The van der Waals surface area contributed by atoms with Gasteiger partial charge in [-0.1, -0.05) is 6.92 Å². The number of nitrogens with zero attached hydrogens (tertiary/aromatic N) is 1. The standard InChI is InChI=1S/C14H28N4O2.HI/c1-4-8-16-12(19)10-17-13(15-5-2)18-11-14(3)7-6-9-20-14;/h4-11H2,1-3H3,(H,16,19)(H2,15,17,18);1H. The Morgan fingerprint density at radius 2 is 2.05 bits per heavy atom. The van der Waals surface area contributed by atoms with Crippen LogP contribution in [0.5, 0.6) is 0 Å². The van der Waals surface area contributed by atoms with Crippen LogP contribution in [0.4, 0.5) is 0 Å². The first-order valence-corrected chi connectivity index (χ1v) is 7.52. The van der Waals surface area contributed by atoms with Crippen molar-refractivity contribution in [2.45, 2.75) is 45.6 Å². The number of hydrogen-bond donors (Lipinski definition) is 3. The molecule has 0 radical (unpaired) electrons. The maximum Gasteiger partial charge on any atom is 0.241 e. The summed E-state index contributed by atoms with van der Waals surface area (Å²) in [5, 5.41) is 9.20. The molecule has 0 aromatic heterocycles. The first-order valence-electron chi connectivity index (χ1n) is 7.52. The summed E-state index contributed by atoms with van der Waals surface area (Å²) in [4.78, 5) is 15.8. The third-order valence-corrected chi connectivity index (χ3v) is 3.23. The van der Waals surface area contributed by atoms with Crippen LogP contribution >= 0.6 is 24.0 Å². The van der Waals surface area contributed by atoms with Crippen molar-refractivity contribution in [1.82, 2.24) is 16.0 Å². The summed E-state index contributed by atoms with van der Waals surface area (Å²) in [6, 6.07) is 0. The number of guanidine groups is 1. The van der Waals surface area contributed by atoms with Crippen molar-refractivity contribution >= 4 is 35.8 Å². The van der Waals surface area contributed by atoms with Crippen molar-refractivity contribution in [1.29, 1.82) is 0 Å². The van der Waals surface area contributed by atoms with Gasteiger partial charge in [0.05, 0.1) is 5.60 Å². The Hall–Kier alpha value is -0.570. The number of nitrogens with one attached hydrogen (secondary N) is 3. The third-order valence-electron chi connectivity index (χ3n) is 3.23. The van der Waals surface area contributed by atoms with Crippen LogP contribution < -0.4 is 16.0 Å². The summed E-state index contributed by atoms with van der Waals surface area (Å²) >= 11 is 0. The molecule has 1 rings (SSSR count). The van der Waals surface area contributed by atoms with Gasteiger partial charge in [0.15, 0.2) is 5.96 Å². The van der Waals surface area contributed by atoms with E-state index in [0.29, 0.717) is 19.0 Å². The zero-order chi connectivity index (χ0) is 14.8. The largest absolute Gasteiger partial charge is 0.373 e. The summed E-state index contributed by atoms with van der Waals surface area (Å²) in [7, 11) is 0. The molecular weight excluding hydrogens is 383 g/mol. The number of ether oxygens (including phenoxy) is 1. The molecule has 1 atom stereocenters. The average Bonchev–Trinajstić information content (AvgIpc) is 2.87.